The number of aromatic nitrogens is 1. The van der Waals surface area contributed by atoms with Gasteiger partial charge >= 0.3 is 11.9 Å². The number of aliphatic carboxylic acids is 1. The van der Waals surface area contributed by atoms with Gasteiger partial charge in [-0.2, -0.15) is 0 Å². The number of aliphatic hydroxyl groups is 1. The highest BCUT2D eigenvalue weighted by Gasteiger charge is 2.40. The molecule has 534 valence electrons. The molecule has 2 aromatic carbocycles. The third kappa shape index (κ3) is 25.7. The van der Waals surface area contributed by atoms with Crippen molar-refractivity contribution in [3.8, 4) is 0 Å². The number of anilines is 1. The van der Waals surface area contributed by atoms with Crippen LogP contribution in [0.25, 0.3) is 10.9 Å². The number of benzene rings is 2. The number of hydrogen-bond acceptors (Lipinski definition) is 21. The number of ketones is 6. The summed E-state index contributed by atoms with van der Waals surface area (Å²) < 4.78 is 5.76. The molecule has 4 rings (SSSR count). The molecular formula is C67H86N12O20. The number of aliphatic hydroxyl groups excluding tert-OH is 1. The van der Waals surface area contributed by atoms with Gasteiger partial charge in [0.25, 0.3) is 0 Å². The van der Waals surface area contributed by atoms with Crippen LogP contribution in [-0.2, 0) is 87.9 Å². The van der Waals surface area contributed by atoms with Crippen molar-refractivity contribution in [3.63, 3.8) is 0 Å². The van der Waals surface area contributed by atoms with Crippen molar-refractivity contribution in [2.75, 3.05) is 32.0 Å². The van der Waals surface area contributed by atoms with Gasteiger partial charge in [0.1, 0.15) is 41.8 Å². The lowest BCUT2D eigenvalue weighted by Crippen LogP contribution is -2.54. The molecular weight excluding hydrogens is 1290 g/mol. The van der Waals surface area contributed by atoms with Crippen LogP contribution < -0.4 is 59.7 Å². The maximum Gasteiger partial charge on any atom is 0.329 e. The molecule has 2 heterocycles. The van der Waals surface area contributed by atoms with Gasteiger partial charge in [-0.25, -0.2) is 4.79 Å². The normalized spacial score (nSPS) is 22.8. The molecule has 0 spiro atoms. The Hall–Kier alpha value is -10.1. The van der Waals surface area contributed by atoms with E-state index >= 15 is 0 Å². The summed E-state index contributed by atoms with van der Waals surface area (Å²) in [6.45, 7) is 20.1. The van der Waals surface area contributed by atoms with Crippen LogP contribution in [0.2, 0.25) is 0 Å². The van der Waals surface area contributed by atoms with E-state index in [1.165, 1.54) is 31.2 Å². The number of esters is 1. The van der Waals surface area contributed by atoms with Crippen LogP contribution in [-0.4, -0.2) is 184 Å². The smallest absolute Gasteiger partial charge is 0.329 e. The number of carbonyl (C=O) groups excluding carboxylic acids is 16. The van der Waals surface area contributed by atoms with Gasteiger partial charge in [0.2, 0.25) is 53.2 Å². The molecule has 17 N–H and O–H groups in total. The second-order valence-corrected chi connectivity index (χ2v) is 24.2. The second kappa shape index (κ2) is 39.3. The van der Waals surface area contributed by atoms with Crippen molar-refractivity contribution in [2.24, 2.45) is 47.0 Å². The number of carboxylic acid groups (broad SMARTS) is 1. The Kier molecular flexibility index (Phi) is 32.3. The molecule has 13 unspecified atom stereocenters. The highest BCUT2D eigenvalue weighted by molar-refractivity contribution is 6.05. The van der Waals surface area contributed by atoms with Gasteiger partial charge in [-0.1, -0.05) is 44.2 Å². The number of nitrogen functional groups attached to an aromatic ring is 1. The average molecular weight is 1380 g/mol. The van der Waals surface area contributed by atoms with Crippen molar-refractivity contribution in [3.05, 3.63) is 86.6 Å². The number of ether oxygens (including phenoxy) is 1. The zero-order valence-corrected chi connectivity index (χ0v) is 55.2. The molecule has 0 aliphatic carbocycles. The summed E-state index contributed by atoms with van der Waals surface area (Å²) in [5.74, 6) is -28.2. The molecule has 13 atom stereocenters. The zero-order chi connectivity index (χ0) is 74.0. The number of amides is 9. The molecule has 0 saturated carbocycles. The van der Waals surface area contributed by atoms with E-state index in [4.69, 9.17) is 42.7 Å². The van der Waals surface area contributed by atoms with E-state index in [9.17, 15) is 91.7 Å². The van der Waals surface area contributed by atoms with Gasteiger partial charge in [-0.15, -0.1) is 0 Å². The summed E-state index contributed by atoms with van der Waals surface area (Å²) in [5.41, 5.74) is 18.4. The summed E-state index contributed by atoms with van der Waals surface area (Å²) in [6, 6.07) is 2.14. The number of carboxylic acids is 1. The van der Waals surface area contributed by atoms with Crippen molar-refractivity contribution in [2.45, 2.75) is 147 Å². The molecule has 1 aromatic heterocycles. The van der Waals surface area contributed by atoms with Crippen molar-refractivity contribution >= 4 is 116 Å². The highest BCUT2D eigenvalue weighted by Crippen LogP contribution is 2.27. The molecule has 6 radical (unpaired) electrons. The lowest BCUT2D eigenvalue weighted by atomic mass is 9.84. The maximum absolute atomic E-state index is 14.7. The van der Waals surface area contributed by atoms with Crippen LogP contribution in [0.4, 0.5) is 5.69 Å². The van der Waals surface area contributed by atoms with E-state index < -0.39 is 237 Å². The number of aromatic amines is 1. The van der Waals surface area contributed by atoms with Gasteiger partial charge in [0.05, 0.1) is 50.5 Å². The van der Waals surface area contributed by atoms with Gasteiger partial charge in [0.15, 0.2) is 23.1 Å². The van der Waals surface area contributed by atoms with E-state index in [-0.39, 0.29) is 55.7 Å². The summed E-state index contributed by atoms with van der Waals surface area (Å²) in [7, 11) is 0. The first kappa shape index (κ1) is 81.3. The standard InChI is InChI=1S/C67H86N12O20/c1-8-41(81)22-39(21-40-29-71-47-17-12-10-14-42(40)47)64(95)78-49(28-57(70)87)55(85)23-38(24-60(90)91)52(82)26-45-37(7)99-67(98)50(27-53(83)43-15-9-11-16-46(43)69)79-66(97)44(33(2)3)25-56(86)51(32-80)77-59(89)30-72-62(93)35(5)75-63(94)36(6)74-61(92)34(4)20-54(84)48(18-13-19-68)76-58(88)31-73-65(45)96/h2,4-5,9-12,14-17,29,33-39,44-45,48-51,71,80H,8,13,18-28,30-32,68-69H2,1,3,6-7H3,(H2,70,87)(H,72,93)(H,73,96)(H,74,92)(H,75,94)(H,76,88)(H,77,89)(H,78,95)(H,79,97)(H,90,91). The molecule has 1 aliphatic rings. The van der Waals surface area contributed by atoms with Crippen LogP contribution >= 0.6 is 0 Å². The molecule has 0 bridgehead atoms. The number of nitrogens with one attached hydrogen (secondary N) is 9. The van der Waals surface area contributed by atoms with Gasteiger partial charge in [0, 0.05) is 97.0 Å². The minimum absolute atomic E-state index is 0.0199. The fourth-order valence-corrected chi connectivity index (χ4v) is 10.6. The molecule has 1 fully saturated rings. The number of nitrogens with two attached hydrogens (primary N) is 3. The highest BCUT2D eigenvalue weighted by atomic mass is 16.5. The fraction of sp³-hybridized carbons (Fsp3) is 0.493. The number of Topliss-reactive ketones (excluding diaryl/α,β-unsaturated/α-hetero) is 6. The Balaban J connectivity index is 1.80. The summed E-state index contributed by atoms with van der Waals surface area (Å²) >= 11 is 0. The monoisotopic (exact) mass is 1380 g/mol. The predicted molar refractivity (Wildman–Crippen MR) is 350 cm³/mol. The molecule has 9 amide bonds. The Labute approximate surface area is 571 Å². The third-order valence-corrected chi connectivity index (χ3v) is 16.3. The van der Waals surface area contributed by atoms with Gasteiger partial charge < -0.3 is 79.7 Å². The number of primary amides is 1. The Bertz CT molecular complexity index is 3500. The number of hydrogen-bond donors (Lipinski definition) is 14. The minimum atomic E-state index is -2.09. The largest absolute Gasteiger partial charge is 0.481 e. The Morgan fingerprint density at radius 1 is 0.707 bits per heavy atom. The van der Waals surface area contributed by atoms with Crippen LogP contribution in [0.15, 0.2) is 54.7 Å². The van der Waals surface area contributed by atoms with Gasteiger partial charge in [-0.05, 0) is 90.1 Å². The van der Waals surface area contributed by atoms with E-state index in [1.807, 2.05) is 0 Å². The van der Waals surface area contributed by atoms with Crippen molar-refractivity contribution in [1.29, 1.82) is 0 Å². The van der Waals surface area contributed by atoms with Crippen LogP contribution in [0.1, 0.15) is 114 Å². The molecule has 99 heavy (non-hydrogen) atoms. The Morgan fingerprint density at radius 3 is 1.95 bits per heavy atom. The minimum Gasteiger partial charge on any atom is -0.481 e. The quantitative estimate of drug-likeness (QED) is 0.0243. The first-order chi connectivity index (χ1) is 46.7. The number of H-pyrrole nitrogens is 1. The number of cyclic esters (lactones) is 1. The van der Waals surface area contributed by atoms with Crippen molar-refractivity contribution < 1.29 is 96.5 Å². The van der Waals surface area contributed by atoms with E-state index in [0.717, 1.165) is 19.2 Å². The van der Waals surface area contributed by atoms with E-state index in [0.29, 0.717) is 11.1 Å². The van der Waals surface area contributed by atoms with Crippen LogP contribution in [0.3, 0.4) is 0 Å². The SMILES string of the molecule is [CH]C1CC(=O)C(CCCN)NC(=O)CNC(=O)C(CC(=O)C(CC(=O)O)CC(=O)C(CC(N)=O)NC(=O)C(CC(=O)CC)Cc2c[nH]c3ccccc23)C(C)OC(=O)C(CC(=O)c2ccccc2N)NC(=O)C(C([CH])C)CC(=O)C(CO)NC(=O)CNC(=O)C([CH])NC(=O)C(C)NC1=O. The molecule has 32 heteroatoms. The van der Waals surface area contributed by atoms with Gasteiger partial charge in [-0.3, -0.25) is 76.7 Å². The number of carbonyl (C=O) groups is 17. The first-order valence-corrected chi connectivity index (χ1v) is 31.9. The molecule has 3 aromatic rings. The predicted octanol–water partition coefficient (Wildman–Crippen LogP) is -2.19. The van der Waals surface area contributed by atoms with Crippen LogP contribution in [0.5, 0.6) is 0 Å². The number of rotatable bonds is 25. The third-order valence-electron chi connectivity index (χ3n) is 16.3. The number of fused-ring (bicyclic) bond motifs is 1. The van der Waals surface area contributed by atoms with Crippen LogP contribution in [0, 0.1) is 56.3 Å². The molecule has 1 saturated heterocycles. The number of para-hydroxylation sites is 2. The second-order valence-electron chi connectivity index (χ2n) is 24.2. The zero-order valence-electron chi connectivity index (χ0n) is 55.2. The average Bonchev–Trinajstić information content (AvgIpc) is 1.47. The summed E-state index contributed by atoms with van der Waals surface area (Å²) in [4.78, 5) is 235. The molecule has 1 aliphatic heterocycles. The fourth-order valence-electron chi connectivity index (χ4n) is 10.6. The summed E-state index contributed by atoms with van der Waals surface area (Å²) in [5, 5.41) is 39.2. The topological polar surface area (TPSA) is 530 Å². The van der Waals surface area contributed by atoms with E-state index in [1.54, 1.807) is 37.4 Å². The van der Waals surface area contributed by atoms with Crippen molar-refractivity contribution in [1.82, 2.24) is 47.5 Å². The molecule has 32 nitrogen and oxygen atoms in total. The van der Waals surface area contributed by atoms with E-state index in [2.05, 4.69) is 47.5 Å². The first-order valence-electron chi connectivity index (χ1n) is 31.9. The lowest BCUT2D eigenvalue weighted by molar-refractivity contribution is -0.158. The maximum atomic E-state index is 14.7. The lowest BCUT2D eigenvalue weighted by Gasteiger charge is -2.28. The Morgan fingerprint density at radius 2 is 1.33 bits per heavy atom. The summed E-state index contributed by atoms with van der Waals surface area (Å²) in [6.07, 6.45) is -7.50.